The first-order valence-corrected chi connectivity index (χ1v) is 12.1. The normalized spacial score (nSPS) is 14.9. The van der Waals surface area contributed by atoms with E-state index >= 15 is 0 Å². The number of hydrogen-bond acceptors (Lipinski definition) is 6. The van der Waals surface area contributed by atoms with Crippen LogP contribution in [0.25, 0.3) is 10.8 Å². The summed E-state index contributed by atoms with van der Waals surface area (Å²) in [5.41, 5.74) is 2.20. The smallest absolute Gasteiger partial charge is 0.319 e. The molecule has 2 aromatic heterocycles. The summed E-state index contributed by atoms with van der Waals surface area (Å²) in [6.07, 6.45) is 7.99. The number of morpholine rings is 1. The van der Waals surface area contributed by atoms with Crippen molar-refractivity contribution in [3.8, 4) is 0 Å². The average molecular weight is 477 g/mol. The van der Waals surface area contributed by atoms with E-state index in [1.165, 1.54) is 0 Å². The molecule has 35 heavy (non-hydrogen) atoms. The Balaban J connectivity index is 1.59. The lowest BCUT2D eigenvalue weighted by molar-refractivity contribution is -0.121. The Morgan fingerprint density at radius 1 is 1.06 bits per heavy atom. The van der Waals surface area contributed by atoms with Crippen molar-refractivity contribution in [2.45, 2.75) is 25.8 Å². The van der Waals surface area contributed by atoms with Gasteiger partial charge in [0, 0.05) is 55.6 Å². The van der Waals surface area contributed by atoms with Gasteiger partial charge in [-0.15, -0.1) is 0 Å². The van der Waals surface area contributed by atoms with Crippen molar-refractivity contribution in [1.29, 1.82) is 0 Å². The maximum atomic E-state index is 13.1. The Morgan fingerprint density at radius 3 is 2.69 bits per heavy atom. The molecule has 1 fully saturated rings. The van der Waals surface area contributed by atoms with Crippen molar-refractivity contribution in [3.05, 3.63) is 66.2 Å². The summed E-state index contributed by atoms with van der Waals surface area (Å²) in [6, 6.07) is 8.93. The van der Waals surface area contributed by atoms with E-state index in [1.807, 2.05) is 37.3 Å². The Morgan fingerprint density at radius 2 is 1.86 bits per heavy atom. The predicted octanol–water partition coefficient (Wildman–Crippen LogP) is 3.09. The van der Waals surface area contributed by atoms with Crippen LogP contribution < -0.4 is 16.0 Å². The van der Waals surface area contributed by atoms with Crippen molar-refractivity contribution in [2.24, 2.45) is 0 Å². The summed E-state index contributed by atoms with van der Waals surface area (Å²) in [7, 11) is 0. The first kappa shape index (κ1) is 24.6. The number of benzene rings is 1. The van der Waals surface area contributed by atoms with Crippen LogP contribution in [-0.2, 0) is 9.53 Å². The number of anilines is 1. The van der Waals surface area contributed by atoms with Gasteiger partial charge in [0.2, 0.25) is 5.91 Å². The molecule has 184 valence electrons. The molecule has 4 rings (SSSR count). The fourth-order valence-electron chi connectivity index (χ4n) is 4.32. The van der Waals surface area contributed by atoms with Gasteiger partial charge in [0.05, 0.1) is 31.1 Å². The number of rotatable bonds is 9. The number of hydrogen-bond donors (Lipinski definition) is 3. The quantitative estimate of drug-likeness (QED) is 0.438. The van der Waals surface area contributed by atoms with Gasteiger partial charge in [-0.1, -0.05) is 18.2 Å². The molecule has 1 atom stereocenters. The van der Waals surface area contributed by atoms with E-state index in [0.29, 0.717) is 18.7 Å². The first-order chi connectivity index (χ1) is 17.2. The monoisotopic (exact) mass is 476 g/mol. The molecule has 1 saturated heterocycles. The van der Waals surface area contributed by atoms with Gasteiger partial charge in [0.25, 0.3) is 0 Å². The predicted molar refractivity (Wildman–Crippen MR) is 135 cm³/mol. The molecule has 3 amide bonds. The third-order valence-electron chi connectivity index (χ3n) is 6.07. The number of fused-ring (bicyclic) bond motifs is 1. The third kappa shape index (κ3) is 6.52. The fourth-order valence-corrected chi connectivity index (χ4v) is 4.32. The number of amides is 3. The average Bonchev–Trinajstić information content (AvgIpc) is 2.88. The van der Waals surface area contributed by atoms with Crippen LogP contribution in [0.15, 0.2) is 55.1 Å². The van der Waals surface area contributed by atoms with E-state index in [-0.39, 0.29) is 11.9 Å². The molecule has 0 radical (unpaired) electrons. The third-order valence-corrected chi connectivity index (χ3v) is 6.07. The number of ether oxygens (including phenoxy) is 1. The lowest BCUT2D eigenvalue weighted by Gasteiger charge is -2.27. The van der Waals surface area contributed by atoms with Crippen molar-refractivity contribution in [1.82, 2.24) is 25.5 Å². The summed E-state index contributed by atoms with van der Waals surface area (Å²) in [6.45, 7) is 6.50. The van der Waals surface area contributed by atoms with Crippen LogP contribution in [-0.4, -0.2) is 66.2 Å². The van der Waals surface area contributed by atoms with Gasteiger partial charge < -0.3 is 20.7 Å². The maximum absolute atomic E-state index is 13.1. The van der Waals surface area contributed by atoms with Crippen LogP contribution in [0.3, 0.4) is 0 Å². The molecule has 3 heterocycles. The van der Waals surface area contributed by atoms with Crippen LogP contribution >= 0.6 is 0 Å². The molecular formula is C26H32N6O3. The Labute approximate surface area is 205 Å². The highest BCUT2D eigenvalue weighted by atomic mass is 16.5. The van der Waals surface area contributed by atoms with Gasteiger partial charge >= 0.3 is 6.03 Å². The largest absolute Gasteiger partial charge is 0.379 e. The number of aromatic nitrogens is 2. The number of carbonyl (C=O) groups is 2. The molecule has 1 aliphatic rings. The van der Waals surface area contributed by atoms with Crippen LogP contribution in [0.1, 0.15) is 36.9 Å². The second-order valence-corrected chi connectivity index (χ2v) is 8.45. The van der Waals surface area contributed by atoms with Gasteiger partial charge in [0.1, 0.15) is 0 Å². The Hall–Kier alpha value is -3.56. The van der Waals surface area contributed by atoms with Crippen molar-refractivity contribution >= 4 is 28.4 Å². The van der Waals surface area contributed by atoms with E-state index in [9.17, 15) is 9.59 Å². The van der Waals surface area contributed by atoms with Crippen LogP contribution in [0.4, 0.5) is 10.5 Å². The number of urea groups is 1. The molecule has 9 nitrogen and oxygen atoms in total. The second-order valence-electron chi connectivity index (χ2n) is 8.45. The van der Waals surface area contributed by atoms with E-state index in [4.69, 9.17) is 4.74 Å². The molecular weight excluding hydrogens is 444 g/mol. The maximum Gasteiger partial charge on any atom is 0.319 e. The zero-order valence-corrected chi connectivity index (χ0v) is 20.0. The highest BCUT2D eigenvalue weighted by Crippen LogP contribution is 2.32. The molecule has 1 aromatic carbocycles. The Bertz CT molecular complexity index is 1140. The van der Waals surface area contributed by atoms with Crippen LogP contribution in [0.5, 0.6) is 0 Å². The second kappa shape index (κ2) is 12.2. The van der Waals surface area contributed by atoms with Gasteiger partial charge in [-0.05, 0) is 43.0 Å². The lowest BCUT2D eigenvalue weighted by Crippen LogP contribution is -2.37. The minimum absolute atomic E-state index is 0.0510. The molecule has 0 aliphatic carbocycles. The van der Waals surface area contributed by atoms with Crippen LogP contribution in [0, 0.1) is 0 Å². The molecule has 1 aliphatic heterocycles. The summed E-state index contributed by atoms with van der Waals surface area (Å²) >= 11 is 0. The zero-order chi connectivity index (χ0) is 24.5. The summed E-state index contributed by atoms with van der Waals surface area (Å²) in [5, 5.41) is 10.8. The van der Waals surface area contributed by atoms with E-state index < -0.39 is 6.04 Å². The minimum atomic E-state index is -0.487. The van der Waals surface area contributed by atoms with Crippen LogP contribution in [0.2, 0.25) is 0 Å². The number of nitrogens with one attached hydrogen (secondary N) is 3. The van der Waals surface area contributed by atoms with Gasteiger partial charge in [-0.3, -0.25) is 19.7 Å². The van der Waals surface area contributed by atoms with E-state index in [2.05, 4.69) is 30.8 Å². The van der Waals surface area contributed by atoms with Gasteiger partial charge in [-0.25, -0.2) is 4.79 Å². The first-order valence-electron chi connectivity index (χ1n) is 12.1. The number of carbonyl (C=O) groups excluding carboxylic acids is 2. The molecule has 0 spiro atoms. The molecule has 3 N–H and O–H groups in total. The lowest BCUT2D eigenvalue weighted by atomic mass is 9.94. The van der Waals surface area contributed by atoms with Crippen molar-refractivity contribution in [2.75, 3.05) is 44.7 Å². The molecule has 0 bridgehead atoms. The molecule has 1 unspecified atom stereocenters. The van der Waals surface area contributed by atoms with Crippen molar-refractivity contribution in [3.63, 3.8) is 0 Å². The van der Waals surface area contributed by atoms with Gasteiger partial charge in [-0.2, -0.15) is 0 Å². The SMILES string of the molecule is CCNC(=O)Nc1cnccc1C(NC(=O)CCCN1CCOCC1)c1cccc2ccncc12. The molecule has 9 heteroatoms. The van der Waals surface area contributed by atoms with E-state index in [0.717, 1.165) is 61.2 Å². The number of nitrogens with zero attached hydrogens (tertiary/aromatic N) is 3. The Kier molecular flexibility index (Phi) is 8.58. The highest BCUT2D eigenvalue weighted by molar-refractivity contribution is 5.91. The topological polar surface area (TPSA) is 108 Å². The zero-order valence-electron chi connectivity index (χ0n) is 20.0. The summed E-state index contributed by atoms with van der Waals surface area (Å²) in [5.74, 6) is -0.0510. The van der Waals surface area contributed by atoms with Gasteiger partial charge in [0.15, 0.2) is 0 Å². The highest BCUT2D eigenvalue weighted by Gasteiger charge is 2.23. The fraction of sp³-hybridized carbons (Fsp3) is 0.385. The summed E-state index contributed by atoms with van der Waals surface area (Å²) < 4.78 is 5.40. The molecule has 3 aromatic rings. The minimum Gasteiger partial charge on any atom is -0.379 e. The standard InChI is InChI=1S/C26H32N6O3/c1-2-29-26(34)30-23-18-28-11-9-21(23)25(20-6-3-5-19-8-10-27-17-22(19)20)31-24(33)7-4-12-32-13-15-35-16-14-32/h3,5-6,8-11,17-18,25H,2,4,7,12-16H2,1H3,(H,31,33)(H2,29,30,34). The van der Waals surface area contributed by atoms with Crippen molar-refractivity contribution < 1.29 is 14.3 Å². The van der Waals surface area contributed by atoms with E-state index in [1.54, 1.807) is 24.8 Å². The molecule has 0 saturated carbocycles. The summed E-state index contributed by atoms with van der Waals surface area (Å²) in [4.78, 5) is 36.2. The number of pyridine rings is 2.